The molecule has 0 aliphatic rings. The van der Waals surface area contributed by atoms with E-state index in [1.807, 2.05) is 30.5 Å². The molecule has 0 unspecified atom stereocenters. The van der Waals surface area contributed by atoms with Crippen LogP contribution in [0.15, 0.2) is 48.7 Å². The van der Waals surface area contributed by atoms with Crippen molar-refractivity contribution in [2.45, 2.75) is 6.42 Å². The second-order valence-corrected chi connectivity index (χ2v) is 5.93. The predicted octanol–water partition coefficient (Wildman–Crippen LogP) is 2.48. The number of amides is 2. The number of ether oxygens (including phenoxy) is 2. The lowest BCUT2D eigenvalue weighted by Crippen LogP contribution is -2.33. The van der Waals surface area contributed by atoms with Crippen molar-refractivity contribution >= 4 is 28.4 Å². The number of anilines is 1. The van der Waals surface area contributed by atoms with Gasteiger partial charge in [-0.3, -0.25) is 9.59 Å². The molecular formula is C20H21N3O4. The molecule has 0 fully saturated rings. The summed E-state index contributed by atoms with van der Waals surface area (Å²) in [4.78, 5) is 27.4. The monoisotopic (exact) mass is 367 g/mol. The molecule has 7 nitrogen and oxygen atoms in total. The molecule has 3 N–H and O–H groups in total. The zero-order valence-corrected chi connectivity index (χ0v) is 15.2. The largest absolute Gasteiger partial charge is 0.493 e. The number of methoxy groups -OCH3 is 2. The van der Waals surface area contributed by atoms with E-state index in [-0.39, 0.29) is 24.8 Å². The van der Waals surface area contributed by atoms with E-state index in [2.05, 4.69) is 15.6 Å². The molecule has 0 atom stereocenters. The van der Waals surface area contributed by atoms with Crippen LogP contribution in [0.3, 0.4) is 0 Å². The fourth-order valence-corrected chi connectivity index (χ4v) is 2.81. The van der Waals surface area contributed by atoms with Crippen LogP contribution in [0.25, 0.3) is 10.9 Å². The normalized spacial score (nSPS) is 10.4. The first kappa shape index (κ1) is 18.3. The lowest BCUT2D eigenvalue weighted by Gasteiger charge is -2.11. The van der Waals surface area contributed by atoms with Crippen molar-refractivity contribution in [3.05, 3.63) is 54.2 Å². The maximum atomic E-state index is 12.2. The van der Waals surface area contributed by atoms with Crippen molar-refractivity contribution in [2.24, 2.45) is 0 Å². The molecule has 0 spiro atoms. The van der Waals surface area contributed by atoms with E-state index in [1.54, 1.807) is 25.3 Å². The summed E-state index contributed by atoms with van der Waals surface area (Å²) >= 11 is 0. The molecule has 3 rings (SSSR count). The highest BCUT2D eigenvalue weighted by Crippen LogP contribution is 2.29. The number of fused-ring (bicyclic) bond motifs is 1. The number of carbonyl (C=O) groups excluding carboxylic acids is 2. The van der Waals surface area contributed by atoms with E-state index < -0.39 is 0 Å². The zero-order chi connectivity index (χ0) is 19.2. The maximum Gasteiger partial charge on any atom is 0.243 e. The zero-order valence-electron chi connectivity index (χ0n) is 15.2. The molecule has 7 heteroatoms. The highest BCUT2D eigenvalue weighted by atomic mass is 16.5. The summed E-state index contributed by atoms with van der Waals surface area (Å²) in [7, 11) is 3.06. The third-order valence-corrected chi connectivity index (χ3v) is 4.14. The van der Waals surface area contributed by atoms with Crippen LogP contribution >= 0.6 is 0 Å². The molecule has 2 aromatic carbocycles. The van der Waals surface area contributed by atoms with Gasteiger partial charge in [0.15, 0.2) is 11.5 Å². The molecule has 0 saturated carbocycles. The first-order valence-corrected chi connectivity index (χ1v) is 8.44. The van der Waals surface area contributed by atoms with Crippen LogP contribution < -0.4 is 20.1 Å². The summed E-state index contributed by atoms with van der Waals surface area (Å²) in [6.45, 7) is -0.116. The van der Waals surface area contributed by atoms with Gasteiger partial charge in [-0.1, -0.05) is 18.2 Å². The minimum Gasteiger partial charge on any atom is -0.493 e. The highest BCUT2D eigenvalue weighted by Gasteiger charge is 2.11. The molecule has 0 saturated heterocycles. The average molecular weight is 367 g/mol. The van der Waals surface area contributed by atoms with Gasteiger partial charge < -0.3 is 25.1 Å². The van der Waals surface area contributed by atoms with Gasteiger partial charge in [-0.05, 0) is 23.8 Å². The fourth-order valence-electron chi connectivity index (χ4n) is 2.81. The van der Waals surface area contributed by atoms with Crippen LogP contribution in [0.2, 0.25) is 0 Å². The SMILES string of the molecule is COc1ccc(NC(=O)CNC(=O)Cc2c[nH]c3ccccc23)cc1OC. The number of benzene rings is 2. The Balaban J connectivity index is 1.53. The Bertz CT molecular complexity index is 965. The standard InChI is InChI=1S/C20H21N3O4/c1-26-17-8-7-14(10-18(17)27-2)23-20(25)12-22-19(24)9-13-11-21-16-6-4-3-5-15(13)16/h3-8,10-11,21H,9,12H2,1-2H3,(H,22,24)(H,23,25). The number of aromatic amines is 1. The van der Waals surface area contributed by atoms with Gasteiger partial charge in [0.2, 0.25) is 11.8 Å². The van der Waals surface area contributed by atoms with Crippen LogP contribution in [-0.4, -0.2) is 37.6 Å². The van der Waals surface area contributed by atoms with Gasteiger partial charge in [-0.25, -0.2) is 0 Å². The van der Waals surface area contributed by atoms with Crippen molar-refractivity contribution in [3.63, 3.8) is 0 Å². The Labute approximate surface area is 156 Å². The minimum absolute atomic E-state index is 0.116. The molecule has 0 radical (unpaired) electrons. The van der Waals surface area contributed by atoms with Crippen molar-refractivity contribution in [2.75, 3.05) is 26.1 Å². The first-order chi connectivity index (χ1) is 13.1. The summed E-state index contributed by atoms with van der Waals surface area (Å²) in [6, 6.07) is 12.8. The fraction of sp³-hybridized carbons (Fsp3) is 0.200. The Morgan fingerprint density at radius 2 is 1.78 bits per heavy atom. The molecule has 1 aromatic heterocycles. The third kappa shape index (κ3) is 4.38. The van der Waals surface area contributed by atoms with Crippen molar-refractivity contribution in [3.8, 4) is 11.5 Å². The third-order valence-electron chi connectivity index (χ3n) is 4.14. The molecule has 1 heterocycles. The van der Waals surface area contributed by atoms with E-state index in [0.717, 1.165) is 16.5 Å². The van der Waals surface area contributed by atoms with Gasteiger partial charge in [0.05, 0.1) is 27.2 Å². The Morgan fingerprint density at radius 3 is 2.56 bits per heavy atom. The first-order valence-electron chi connectivity index (χ1n) is 8.44. The number of carbonyl (C=O) groups is 2. The van der Waals surface area contributed by atoms with Crippen LogP contribution in [-0.2, 0) is 16.0 Å². The van der Waals surface area contributed by atoms with E-state index in [4.69, 9.17) is 9.47 Å². The van der Waals surface area contributed by atoms with Crippen LogP contribution in [0.1, 0.15) is 5.56 Å². The van der Waals surface area contributed by atoms with Crippen LogP contribution in [0, 0.1) is 0 Å². The van der Waals surface area contributed by atoms with Crippen molar-refractivity contribution in [1.29, 1.82) is 0 Å². The van der Waals surface area contributed by atoms with E-state index in [1.165, 1.54) is 7.11 Å². The molecular weight excluding hydrogens is 346 g/mol. The Kier molecular flexibility index (Phi) is 5.61. The molecule has 3 aromatic rings. The highest BCUT2D eigenvalue weighted by molar-refractivity contribution is 5.95. The maximum absolute atomic E-state index is 12.2. The van der Waals surface area contributed by atoms with Gasteiger partial charge in [-0.15, -0.1) is 0 Å². The van der Waals surface area contributed by atoms with E-state index >= 15 is 0 Å². The van der Waals surface area contributed by atoms with Gasteiger partial charge in [-0.2, -0.15) is 0 Å². The molecule has 0 aliphatic heterocycles. The smallest absolute Gasteiger partial charge is 0.243 e. The summed E-state index contributed by atoms with van der Waals surface area (Å²) in [6.07, 6.45) is 2.02. The number of aromatic nitrogens is 1. The molecule has 0 aliphatic carbocycles. The summed E-state index contributed by atoms with van der Waals surface area (Å²) in [5.41, 5.74) is 2.43. The second-order valence-electron chi connectivity index (χ2n) is 5.93. The Hall–Kier alpha value is -3.48. The Morgan fingerprint density at radius 1 is 1.00 bits per heavy atom. The van der Waals surface area contributed by atoms with E-state index in [9.17, 15) is 9.59 Å². The minimum atomic E-state index is -0.325. The van der Waals surface area contributed by atoms with Crippen molar-refractivity contribution < 1.29 is 19.1 Å². The van der Waals surface area contributed by atoms with Crippen LogP contribution in [0.4, 0.5) is 5.69 Å². The molecule has 0 bridgehead atoms. The number of nitrogens with one attached hydrogen (secondary N) is 3. The molecule has 27 heavy (non-hydrogen) atoms. The van der Waals surface area contributed by atoms with Gasteiger partial charge in [0, 0.05) is 28.9 Å². The van der Waals surface area contributed by atoms with E-state index in [0.29, 0.717) is 17.2 Å². The summed E-state index contributed by atoms with van der Waals surface area (Å²) in [5, 5.41) is 6.35. The lowest BCUT2D eigenvalue weighted by molar-refractivity contribution is -0.123. The number of hydrogen-bond acceptors (Lipinski definition) is 4. The summed E-state index contributed by atoms with van der Waals surface area (Å²) in [5.74, 6) is 0.540. The second kappa shape index (κ2) is 8.27. The number of para-hydroxylation sites is 1. The number of H-pyrrole nitrogens is 1. The van der Waals surface area contributed by atoms with Crippen molar-refractivity contribution in [1.82, 2.24) is 10.3 Å². The van der Waals surface area contributed by atoms with Gasteiger partial charge >= 0.3 is 0 Å². The number of rotatable bonds is 7. The molecule has 2 amide bonds. The average Bonchev–Trinajstić information content (AvgIpc) is 3.09. The molecule has 140 valence electrons. The van der Waals surface area contributed by atoms with Gasteiger partial charge in [0.1, 0.15) is 0 Å². The summed E-state index contributed by atoms with van der Waals surface area (Å²) < 4.78 is 10.4. The van der Waals surface area contributed by atoms with Crippen LogP contribution in [0.5, 0.6) is 11.5 Å². The topological polar surface area (TPSA) is 92.5 Å². The van der Waals surface area contributed by atoms with Gasteiger partial charge in [0.25, 0.3) is 0 Å². The quantitative estimate of drug-likeness (QED) is 0.598. The predicted molar refractivity (Wildman–Crippen MR) is 103 cm³/mol. The lowest BCUT2D eigenvalue weighted by atomic mass is 10.1. The number of hydrogen-bond donors (Lipinski definition) is 3.